The Labute approximate surface area is 135 Å². The van der Waals surface area contributed by atoms with Crippen molar-refractivity contribution < 1.29 is 14.7 Å². The molecule has 1 heterocycles. The van der Waals surface area contributed by atoms with Gasteiger partial charge in [-0.1, -0.05) is 54.6 Å². The fraction of sp³-hybridized carbons (Fsp3) is 0.263. The molecule has 0 aromatic heterocycles. The zero-order valence-electron chi connectivity index (χ0n) is 13.0. The van der Waals surface area contributed by atoms with Gasteiger partial charge in [-0.05, 0) is 23.6 Å². The van der Waals surface area contributed by atoms with Gasteiger partial charge in [0.1, 0.15) is 5.92 Å². The van der Waals surface area contributed by atoms with Crippen LogP contribution in [0.4, 0.5) is 0 Å². The lowest BCUT2D eigenvalue weighted by molar-refractivity contribution is -0.150. The van der Waals surface area contributed by atoms with Gasteiger partial charge < -0.3 is 10.0 Å². The second-order valence-electron chi connectivity index (χ2n) is 5.94. The number of carbonyl (C=O) groups is 2. The fourth-order valence-corrected chi connectivity index (χ4v) is 3.12. The van der Waals surface area contributed by atoms with E-state index in [1.165, 1.54) is 12.5 Å². The highest BCUT2D eigenvalue weighted by Gasteiger charge is 2.33. The molecule has 0 saturated carbocycles. The molecule has 1 amide bonds. The van der Waals surface area contributed by atoms with Crippen molar-refractivity contribution in [1.82, 2.24) is 4.90 Å². The van der Waals surface area contributed by atoms with Crippen molar-refractivity contribution >= 4 is 11.9 Å². The number of hydrogen-bond donors (Lipinski definition) is 1. The minimum Gasteiger partial charge on any atom is -0.481 e. The van der Waals surface area contributed by atoms with E-state index in [-0.39, 0.29) is 11.8 Å². The molecule has 0 saturated heterocycles. The molecule has 1 N–H and O–H groups in total. The number of aliphatic carboxylic acids is 1. The quantitative estimate of drug-likeness (QED) is 0.887. The number of carboxylic acid groups (broad SMARTS) is 1. The monoisotopic (exact) mass is 309 g/mol. The standard InChI is InChI=1S/C19H19NO3/c1-13(19(22)23)18(21)20-11-15-9-5-6-10-16(15)17(12-20)14-7-3-2-4-8-14/h2-10,13,17H,11-12H2,1H3,(H,22,23). The third-order valence-electron chi connectivity index (χ3n) is 4.45. The zero-order valence-corrected chi connectivity index (χ0v) is 13.0. The van der Waals surface area contributed by atoms with Crippen molar-refractivity contribution in [3.05, 3.63) is 71.3 Å². The maximum absolute atomic E-state index is 12.5. The van der Waals surface area contributed by atoms with Crippen LogP contribution in [0.3, 0.4) is 0 Å². The van der Waals surface area contributed by atoms with Crippen LogP contribution in [0, 0.1) is 5.92 Å². The molecular weight excluding hydrogens is 290 g/mol. The largest absolute Gasteiger partial charge is 0.481 e. The molecule has 4 heteroatoms. The Morgan fingerprint density at radius 3 is 2.43 bits per heavy atom. The summed E-state index contributed by atoms with van der Waals surface area (Å²) >= 11 is 0. The molecule has 2 atom stereocenters. The molecule has 1 aliphatic rings. The molecule has 3 rings (SSSR count). The molecule has 0 fully saturated rings. The Bertz CT molecular complexity index is 726. The third kappa shape index (κ3) is 2.97. The number of fused-ring (bicyclic) bond motifs is 1. The SMILES string of the molecule is CC(C(=O)O)C(=O)N1Cc2ccccc2C(c2ccccc2)C1. The summed E-state index contributed by atoms with van der Waals surface area (Å²) in [5.41, 5.74) is 3.43. The van der Waals surface area contributed by atoms with Crippen molar-refractivity contribution in [1.29, 1.82) is 0 Å². The predicted octanol–water partition coefficient (Wildman–Crippen LogP) is 2.88. The Hall–Kier alpha value is -2.62. The van der Waals surface area contributed by atoms with Crippen LogP contribution in [0.1, 0.15) is 29.5 Å². The first-order valence-corrected chi connectivity index (χ1v) is 7.72. The van der Waals surface area contributed by atoms with Crippen LogP contribution < -0.4 is 0 Å². The van der Waals surface area contributed by atoms with Crippen molar-refractivity contribution in [2.75, 3.05) is 6.54 Å². The summed E-state index contributed by atoms with van der Waals surface area (Å²) in [6.07, 6.45) is 0. The van der Waals surface area contributed by atoms with E-state index in [2.05, 4.69) is 18.2 Å². The summed E-state index contributed by atoms with van der Waals surface area (Å²) in [7, 11) is 0. The topological polar surface area (TPSA) is 57.6 Å². The van der Waals surface area contributed by atoms with Gasteiger partial charge in [0, 0.05) is 19.0 Å². The lowest BCUT2D eigenvalue weighted by atomic mass is 9.84. The molecule has 0 aliphatic carbocycles. The highest BCUT2D eigenvalue weighted by molar-refractivity contribution is 5.96. The summed E-state index contributed by atoms with van der Waals surface area (Å²) in [6.45, 7) is 2.43. The number of carboxylic acids is 1. The molecule has 2 aromatic rings. The lowest BCUT2D eigenvalue weighted by Crippen LogP contribution is -2.43. The predicted molar refractivity (Wildman–Crippen MR) is 86.9 cm³/mol. The summed E-state index contributed by atoms with van der Waals surface area (Å²) in [4.78, 5) is 25.3. The second kappa shape index (κ2) is 6.24. The Kier molecular flexibility index (Phi) is 4.15. The van der Waals surface area contributed by atoms with E-state index in [9.17, 15) is 9.59 Å². The van der Waals surface area contributed by atoms with Crippen LogP contribution in [0.25, 0.3) is 0 Å². The average molecular weight is 309 g/mol. The highest BCUT2D eigenvalue weighted by atomic mass is 16.4. The van der Waals surface area contributed by atoms with E-state index in [0.717, 1.165) is 11.1 Å². The third-order valence-corrected chi connectivity index (χ3v) is 4.45. The Balaban J connectivity index is 1.97. The molecule has 23 heavy (non-hydrogen) atoms. The molecule has 2 aromatic carbocycles. The van der Waals surface area contributed by atoms with E-state index >= 15 is 0 Å². The van der Waals surface area contributed by atoms with Gasteiger partial charge in [-0.2, -0.15) is 0 Å². The van der Waals surface area contributed by atoms with Gasteiger partial charge in [0.25, 0.3) is 0 Å². The first-order valence-electron chi connectivity index (χ1n) is 7.72. The number of benzene rings is 2. The van der Waals surface area contributed by atoms with E-state index < -0.39 is 11.9 Å². The van der Waals surface area contributed by atoms with Crippen LogP contribution >= 0.6 is 0 Å². The van der Waals surface area contributed by atoms with Crippen LogP contribution in [-0.2, 0) is 16.1 Å². The van der Waals surface area contributed by atoms with Gasteiger partial charge in [0.2, 0.25) is 5.91 Å². The molecule has 0 bridgehead atoms. The first kappa shape index (κ1) is 15.3. The average Bonchev–Trinajstić information content (AvgIpc) is 2.60. The van der Waals surface area contributed by atoms with Gasteiger partial charge in [-0.3, -0.25) is 9.59 Å². The van der Waals surface area contributed by atoms with E-state index in [1.54, 1.807) is 4.90 Å². The first-order chi connectivity index (χ1) is 11.1. The molecule has 0 radical (unpaired) electrons. The summed E-state index contributed by atoms with van der Waals surface area (Å²) in [5, 5.41) is 9.11. The number of hydrogen-bond acceptors (Lipinski definition) is 2. The van der Waals surface area contributed by atoms with Crippen LogP contribution in [0.15, 0.2) is 54.6 Å². The second-order valence-corrected chi connectivity index (χ2v) is 5.94. The normalized spacial score (nSPS) is 18.1. The minimum absolute atomic E-state index is 0.0751. The molecule has 118 valence electrons. The van der Waals surface area contributed by atoms with Crippen LogP contribution in [-0.4, -0.2) is 28.4 Å². The minimum atomic E-state index is -1.08. The number of amides is 1. The van der Waals surface area contributed by atoms with Crippen molar-refractivity contribution in [3.63, 3.8) is 0 Å². The number of nitrogens with zero attached hydrogens (tertiary/aromatic N) is 1. The fourth-order valence-electron chi connectivity index (χ4n) is 3.12. The molecule has 0 spiro atoms. The maximum Gasteiger partial charge on any atom is 0.315 e. The van der Waals surface area contributed by atoms with Crippen LogP contribution in [0.5, 0.6) is 0 Å². The number of rotatable bonds is 3. The molecule has 2 unspecified atom stereocenters. The zero-order chi connectivity index (χ0) is 16.4. The van der Waals surface area contributed by atoms with Gasteiger partial charge in [-0.15, -0.1) is 0 Å². The van der Waals surface area contributed by atoms with Gasteiger partial charge >= 0.3 is 5.97 Å². The van der Waals surface area contributed by atoms with E-state index in [4.69, 9.17) is 5.11 Å². The summed E-state index contributed by atoms with van der Waals surface area (Å²) in [5.74, 6) is -2.35. The summed E-state index contributed by atoms with van der Waals surface area (Å²) in [6, 6.07) is 18.1. The van der Waals surface area contributed by atoms with Gasteiger partial charge in [-0.25, -0.2) is 0 Å². The van der Waals surface area contributed by atoms with Gasteiger partial charge in [0.15, 0.2) is 0 Å². The van der Waals surface area contributed by atoms with Crippen LogP contribution in [0.2, 0.25) is 0 Å². The smallest absolute Gasteiger partial charge is 0.315 e. The van der Waals surface area contributed by atoms with Crippen molar-refractivity contribution in [3.8, 4) is 0 Å². The Morgan fingerprint density at radius 2 is 1.74 bits per heavy atom. The number of carbonyl (C=O) groups excluding carboxylic acids is 1. The molecule has 4 nitrogen and oxygen atoms in total. The van der Waals surface area contributed by atoms with Crippen molar-refractivity contribution in [2.24, 2.45) is 5.92 Å². The molecular formula is C19H19NO3. The Morgan fingerprint density at radius 1 is 1.09 bits per heavy atom. The van der Waals surface area contributed by atoms with E-state index in [0.29, 0.717) is 13.1 Å². The highest BCUT2D eigenvalue weighted by Crippen LogP contribution is 2.33. The van der Waals surface area contributed by atoms with Crippen molar-refractivity contribution in [2.45, 2.75) is 19.4 Å². The van der Waals surface area contributed by atoms with Gasteiger partial charge in [0.05, 0.1) is 0 Å². The van der Waals surface area contributed by atoms with E-state index in [1.807, 2.05) is 36.4 Å². The lowest BCUT2D eigenvalue weighted by Gasteiger charge is -2.35. The maximum atomic E-state index is 12.5. The summed E-state index contributed by atoms with van der Waals surface area (Å²) < 4.78 is 0. The molecule has 1 aliphatic heterocycles.